The van der Waals surface area contributed by atoms with Gasteiger partial charge in [-0.05, 0) is 18.2 Å². The third-order valence-corrected chi connectivity index (χ3v) is 2.95. The summed E-state index contributed by atoms with van der Waals surface area (Å²) in [6.07, 6.45) is 0. The molecule has 5 heteroatoms. The molecule has 0 bridgehead atoms. The Balaban J connectivity index is 2.08. The molecule has 0 aliphatic rings. The molecule has 1 unspecified atom stereocenters. The number of hydrogen-bond acceptors (Lipinski definition) is 2. The van der Waals surface area contributed by atoms with Gasteiger partial charge in [0.1, 0.15) is 12.4 Å². The van der Waals surface area contributed by atoms with Crippen molar-refractivity contribution in [3.05, 3.63) is 64.7 Å². The maximum absolute atomic E-state index is 13.5. The summed E-state index contributed by atoms with van der Waals surface area (Å²) in [4.78, 5) is 0. The van der Waals surface area contributed by atoms with E-state index in [0.717, 1.165) is 6.07 Å². The molecule has 0 heterocycles. The molecule has 0 fully saturated rings. The van der Waals surface area contributed by atoms with Crippen LogP contribution in [0.5, 0.6) is 5.75 Å². The van der Waals surface area contributed by atoms with E-state index >= 15 is 0 Å². The van der Waals surface area contributed by atoms with Gasteiger partial charge in [0.25, 0.3) is 0 Å². The molecule has 2 aromatic carbocycles. The molecule has 1 atom stereocenters. The normalized spacial score (nSPS) is 12.2. The van der Waals surface area contributed by atoms with E-state index in [2.05, 4.69) is 0 Å². The molecular weight excluding hydrogens is 272 g/mol. The summed E-state index contributed by atoms with van der Waals surface area (Å²) in [7, 11) is 0. The molecule has 0 amide bonds. The third-order valence-electron chi connectivity index (χ3n) is 2.64. The summed E-state index contributed by atoms with van der Waals surface area (Å²) in [5, 5.41) is 0.439. The van der Waals surface area contributed by atoms with Gasteiger partial charge in [-0.2, -0.15) is 0 Å². The SMILES string of the molecule is NC(COc1ccccc1Cl)c1cccc(F)c1F. The molecule has 2 nitrogen and oxygen atoms in total. The van der Waals surface area contributed by atoms with Gasteiger partial charge in [-0.25, -0.2) is 8.78 Å². The number of hydrogen-bond donors (Lipinski definition) is 1. The van der Waals surface area contributed by atoms with Gasteiger partial charge in [0.05, 0.1) is 11.1 Å². The van der Waals surface area contributed by atoms with Crippen molar-refractivity contribution in [2.45, 2.75) is 6.04 Å². The highest BCUT2D eigenvalue weighted by Crippen LogP contribution is 2.25. The number of benzene rings is 2. The zero-order valence-corrected chi connectivity index (χ0v) is 10.7. The zero-order chi connectivity index (χ0) is 13.8. The van der Waals surface area contributed by atoms with E-state index in [9.17, 15) is 8.78 Å². The molecule has 0 aromatic heterocycles. The van der Waals surface area contributed by atoms with Crippen molar-refractivity contribution in [2.24, 2.45) is 5.73 Å². The molecule has 19 heavy (non-hydrogen) atoms. The van der Waals surface area contributed by atoms with Gasteiger partial charge in [0.15, 0.2) is 11.6 Å². The van der Waals surface area contributed by atoms with Gasteiger partial charge in [0.2, 0.25) is 0 Å². The number of ether oxygens (including phenoxy) is 1. The second kappa shape index (κ2) is 5.99. The molecule has 2 aromatic rings. The number of halogens is 3. The zero-order valence-electron chi connectivity index (χ0n) is 9.95. The van der Waals surface area contributed by atoms with Crippen molar-refractivity contribution in [1.82, 2.24) is 0 Å². The maximum atomic E-state index is 13.5. The fourth-order valence-electron chi connectivity index (χ4n) is 1.64. The van der Waals surface area contributed by atoms with Crippen LogP contribution in [0.4, 0.5) is 8.78 Å². The standard InChI is InChI=1S/C14H12ClF2NO/c15-10-5-1-2-7-13(10)19-8-12(18)9-4-3-6-11(16)14(9)17/h1-7,12H,8,18H2. The monoisotopic (exact) mass is 283 g/mol. The highest BCUT2D eigenvalue weighted by Gasteiger charge is 2.15. The number of para-hydroxylation sites is 1. The Morgan fingerprint density at radius 3 is 2.58 bits per heavy atom. The first kappa shape index (κ1) is 13.8. The molecule has 0 saturated heterocycles. The maximum Gasteiger partial charge on any atom is 0.163 e. The minimum Gasteiger partial charge on any atom is -0.490 e. The van der Waals surface area contributed by atoms with Crippen LogP contribution >= 0.6 is 11.6 Å². The van der Waals surface area contributed by atoms with E-state index in [1.807, 2.05) is 0 Å². The van der Waals surface area contributed by atoms with E-state index in [4.69, 9.17) is 22.1 Å². The molecule has 2 N–H and O–H groups in total. The van der Waals surface area contributed by atoms with Crippen LogP contribution in [0, 0.1) is 11.6 Å². The lowest BCUT2D eigenvalue weighted by atomic mass is 10.1. The van der Waals surface area contributed by atoms with Crippen LogP contribution in [-0.2, 0) is 0 Å². The van der Waals surface area contributed by atoms with E-state index in [1.165, 1.54) is 12.1 Å². The molecular formula is C14H12ClF2NO. The van der Waals surface area contributed by atoms with E-state index < -0.39 is 17.7 Å². The quantitative estimate of drug-likeness (QED) is 0.929. The van der Waals surface area contributed by atoms with Crippen molar-refractivity contribution in [3.8, 4) is 5.75 Å². The summed E-state index contributed by atoms with van der Waals surface area (Å²) < 4.78 is 32.0. The van der Waals surface area contributed by atoms with Crippen LogP contribution in [-0.4, -0.2) is 6.61 Å². The average molecular weight is 284 g/mol. The second-order valence-corrected chi connectivity index (χ2v) is 4.40. The molecule has 0 spiro atoms. The van der Waals surface area contributed by atoms with Crippen molar-refractivity contribution < 1.29 is 13.5 Å². The van der Waals surface area contributed by atoms with Crippen molar-refractivity contribution in [1.29, 1.82) is 0 Å². The molecule has 0 saturated carbocycles. The molecule has 0 aliphatic carbocycles. The Kier molecular flexibility index (Phi) is 4.35. The summed E-state index contributed by atoms with van der Waals surface area (Å²) in [5.41, 5.74) is 5.86. The first-order valence-corrected chi connectivity index (χ1v) is 6.04. The Morgan fingerprint density at radius 1 is 1.11 bits per heavy atom. The Labute approximate surface area is 114 Å². The fourth-order valence-corrected chi connectivity index (χ4v) is 1.83. The molecule has 2 rings (SSSR count). The molecule has 0 aliphatic heterocycles. The van der Waals surface area contributed by atoms with Crippen molar-refractivity contribution in [2.75, 3.05) is 6.61 Å². The topological polar surface area (TPSA) is 35.2 Å². The van der Waals surface area contributed by atoms with Gasteiger partial charge in [-0.1, -0.05) is 35.9 Å². The van der Waals surface area contributed by atoms with Gasteiger partial charge < -0.3 is 10.5 Å². The highest BCUT2D eigenvalue weighted by atomic mass is 35.5. The summed E-state index contributed by atoms with van der Waals surface area (Å²) in [5.74, 6) is -1.42. The third kappa shape index (κ3) is 3.22. The smallest absolute Gasteiger partial charge is 0.163 e. The van der Waals surface area contributed by atoms with E-state index in [1.54, 1.807) is 24.3 Å². The van der Waals surface area contributed by atoms with Crippen LogP contribution in [0.2, 0.25) is 5.02 Å². The van der Waals surface area contributed by atoms with Gasteiger partial charge in [0, 0.05) is 5.56 Å². The number of rotatable bonds is 4. The highest BCUT2D eigenvalue weighted by molar-refractivity contribution is 6.32. The van der Waals surface area contributed by atoms with Crippen LogP contribution in [0.25, 0.3) is 0 Å². The molecule has 0 radical (unpaired) electrons. The Bertz CT molecular complexity index is 577. The predicted octanol–water partition coefficient (Wildman–Crippen LogP) is 3.70. The minimum atomic E-state index is -0.947. The lowest BCUT2D eigenvalue weighted by molar-refractivity contribution is 0.287. The van der Waals surface area contributed by atoms with Crippen molar-refractivity contribution >= 4 is 11.6 Å². The lowest BCUT2D eigenvalue weighted by Crippen LogP contribution is -2.20. The largest absolute Gasteiger partial charge is 0.490 e. The minimum absolute atomic E-state index is 0.00407. The van der Waals surface area contributed by atoms with Crippen molar-refractivity contribution in [3.63, 3.8) is 0 Å². The summed E-state index contributed by atoms with van der Waals surface area (Å²) >= 11 is 5.91. The number of nitrogens with two attached hydrogens (primary N) is 1. The fraction of sp³-hybridized carbons (Fsp3) is 0.143. The van der Waals surface area contributed by atoms with Crippen LogP contribution in [0.3, 0.4) is 0 Å². The first-order valence-electron chi connectivity index (χ1n) is 5.66. The van der Waals surface area contributed by atoms with Gasteiger partial charge in [-0.3, -0.25) is 0 Å². The first-order chi connectivity index (χ1) is 9.09. The predicted molar refractivity (Wildman–Crippen MR) is 70.2 cm³/mol. The van der Waals surface area contributed by atoms with E-state index in [0.29, 0.717) is 10.8 Å². The summed E-state index contributed by atoms with van der Waals surface area (Å²) in [6.45, 7) is 0.00407. The van der Waals surface area contributed by atoms with Crippen LogP contribution in [0.1, 0.15) is 11.6 Å². The lowest BCUT2D eigenvalue weighted by Gasteiger charge is -2.15. The van der Waals surface area contributed by atoms with Gasteiger partial charge >= 0.3 is 0 Å². The van der Waals surface area contributed by atoms with E-state index in [-0.39, 0.29) is 12.2 Å². The van der Waals surface area contributed by atoms with Gasteiger partial charge in [-0.15, -0.1) is 0 Å². The van der Waals surface area contributed by atoms with Crippen LogP contribution < -0.4 is 10.5 Å². The van der Waals surface area contributed by atoms with Crippen LogP contribution in [0.15, 0.2) is 42.5 Å². The Morgan fingerprint density at radius 2 is 1.84 bits per heavy atom. The summed E-state index contributed by atoms with van der Waals surface area (Å²) in [6, 6.07) is 9.98. The second-order valence-electron chi connectivity index (χ2n) is 3.99. The molecule has 100 valence electrons. The Hall–Kier alpha value is -1.65. The average Bonchev–Trinajstić information content (AvgIpc) is 2.40.